The number of pyridine rings is 1. The summed E-state index contributed by atoms with van der Waals surface area (Å²) in [6, 6.07) is 10.7. The summed E-state index contributed by atoms with van der Waals surface area (Å²) in [5.41, 5.74) is 3.67. The van der Waals surface area contributed by atoms with E-state index >= 15 is 0 Å². The molecule has 8 nitrogen and oxygen atoms in total. The maximum absolute atomic E-state index is 10.8. The Labute approximate surface area is 157 Å². The number of hydrogen-bond donors (Lipinski definition) is 1. The molecule has 0 radical (unpaired) electrons. The van der Waals surface area contributed by atoms with Crippen molar-refractivity contribution in [1.82, 2.24) is 14.5 Å². The van der Waals surface area contributed by atoms with Crippen LogP contribution in [-0.2, 0) is 11.3 Å². The average molecular weight is 383 g/mol. The maximum Gasteiger partial charge on any atom is 0.162 e. The Morgan fingerprint density at radius 3 is 2.41 bits per heavy atom. The number of rotatable bonds is 5. The van der Waals surface area contributed by atoms with Crippen LogP contribution < -0.4 is 14.2 Å². The Morgan fingerprint density at radius 1 is 1.04 bits per heavy atom. The molecular weight excluding hydrogens is 368 g/mol. The van der Waals surface area contributed by atoms with Crippen molar-refractivity contribution in [2.75, 3.05) is 18.9 Å². The zero-order valence-electron chi connectivity index (χ0n) is 14.5. The van der Waals surface area contributed by atoms with Crippen LogP contribution in [0.2, 0.25) is 0 Å². The van der Waals surface area contributed by atoms with Gasteiger partial charge in [-0.3, -0.25) is 13.8 Å². The largest absolute Gasteiger partial charge is 0.755 e. The van der Waals surface area contributed by atoms with Crippen LogP contribution in [0, 0.1) is 0 Å². The van der Waals surface area contributed by atoms with E-state index in [1.807, 2.05) is 28.8 Å². The number of aromatic nitrogens is 3. The second kappa shape index (κ2) is 6.86. The fraction of sp³-hybridized carbons (Fsp3) is 0.111. The second-order valence-electron chi connectivity index (χ2n) is 5.71. The molecule has 0 saturated heterocycles. The lowest BCUT2D eigenvalue weighted by atomic mass is 10.1. The SMILES string of the molecule is COc1cc2ncc3ncn(-c4ccc(NS(=O)[O-])cc4)c3c2cc1OC. The summed E-state index contributed by atoms with van der Waals surface area (Å²) < 4.78 is 36.5. The van der Waals surface area contributed by atoms with Crippen molar-refractivity contribution < 1.29 is 18.2 Å². The standard InChI is InChI=1S/C18H16N4O4S/c1-25-16-7-13-14(8-17(16)26-2)19-9-15-18(13)22(10-20-15)12-5-3-11(4-6-12)21-27(23)24/h3-10,21H,1-2H3,(H,23,24)/p-1. The molecule has 27 heavy (non-hydrogen) atoms. The van der Waals surface area contributed by atoms with E-state index in [0.717, 1.165) is 27.6 Å². The highest BCUT2D eigenvalue weighted by atomic mass is 32.2. The number of ether oxygens (including phenoxy) is 2. The molecule has 4 aromatic rings. The summed E-state index contributed by atoms with van der Waals surface area (Å²) in [6.45, 7) is 0. The van der Waals surface area contributed by atoms with Crippen molar-refractivity contribution in [3.8, 4) is 17.2 Å². The molecule has 9 heteroatoms. The van der Waals surface area contributed by atoms with Gasteiger partial charge in [-0.05, 0) is 30.3 Å². The van der Waals surface area contributed by atoms with E-state index in [1.165, 1.54) is 0 Å². The number of methoxy groups -OCH3 is 2. The molecule has 2 aromatic carbocycles. The van der Waals surface area contributed by atoms with Gasteiger partial charge in [0.05, 0.1) is 31.4 Å². The van der Waals surface area contributed by atoms with Gasteiger partial charge in [0, 0.05) is 34.1 Å². The molecule has 1 unspecified atom stereocenters. The highest BCUT2D eigenvalue weighted by Gasteiger charge is 2.14. The molecule has 2 heterocycles. The first-order valence-electron chi connectivity index (χ1n) is 7.95. The number of benzene rings is 2. The van der Waals surface area contributed by atoms with Crippen LogP contribution in [0.15, 0.2) is 48.9 Å². The first kappa shape index (κ1) is 17.3. The second-order valence-corrected chi connectivity index (χ2v) is 6.39. The third kappa shape index (κ3) is 3.07. The number of imidazole rings is 1. The van der Waals surface area contributed by atoms with Gasteiger partial charge in [-0.2, -0.15) is 0 Å². The highest BCUT2D eigenvalue weighted by Crippen LogP contribution is 2.35. The van der Waals surface area contributed by atoms with Gasteiger partial charge >= 0.3 is 0 Å². The fourth-order valence-corrected chi connectivity index (χ4v) is 3.33. The number of fused-ring (bicyclic) bond motifs is 3. The van der Waals surface area contributed by atoms with Crippen molar-refractivity contribution in [2.45, 2.75) is 0 Å². The molecule has 0 spiro atoms. The molecule has 2 aromatic heterocycles. The number of nitrogens with zero attached hydrogens (tertiary/aromatic N) is 3. The van der Waals surface area contributed by atoms with Crippen LogP contribution in [-0.4, -0.2) is 37.5 Å². The van der Waals surface area contributed by atoms with Crippen LogP contribution in [0.1, 0.15) is 0 Å². The Hall–Kier alpha value is -3.17. The van der Waals surface area contributed by atoms with Crippen molar-refractivity contribution in [3.63, 3.8) is 0 Å². The summed E-state index contributed by atoms with van der Waals surface area (Å²) in [6.07, 6.45) is 3.41. The molecular formula is C18H15N4O4S-. The molecule has 0 aliphatic carbocycles. The molecule has 1 atom stereocenters. The third-order valence-electron chi connectivity index (χ3n) is 4.23. The van der Waals surface area contributed by atoms with Gasteiger partial charge in [-0.1, -0.05) is 0 Å². The molecule has 0 amide bonds. The zero-order valence-corrected chi connectivity index (χ0v) is 15.3. The zero-order chi connectivity index (χ0) is 19.0. The van der Waals surface area contributed by atoms with Gasteiger partial charge < -0.3 is 18.7 Å². The van der Waals surface area contributed by atoms with Gasteiger partial charge in [0.2, 0.25) is 0 Å². The van der Waals surface area contributed by atoms with Crippen molar-refractivity contribution in [3.05, 3.63) is 48.9 Å². The first-order valence-corrected chi connectivity index (χ1v) is 9.02. The van der Waals surface area contributed by atoms with Crippen LogP contribution in [0.4, 0.5) is 5.69 Å². The van der Waals surface area contributed by atoms with Crippen LogP contribution in [0.25, 0.3) is 27.6 Å². The lowest BCUT2D eigenvalue weighted by molar-refractivity contribution is 0.356. The van der Waals surface area contributed by atoms with E-state index in [0.29, 0.717) is 17.2 Å². The van der Waals surface area contributed by atoms with Crippen LogP contribution >= 0.6 is 0 Å². The van der Waals surface area contributed by atoms with E-state index in [-0.39, 0.29) is 0 Å². The molecule has 0 saturated carbocycles. The minimum Gasteiger partial charge on any atom is -0.755 e. The Kier molecular flexibility index (Phi) is 4.38. The summed E-state index contributed by atoms with van der Waals surface area (Å²) in [5.74, 6) is 1.20. The quantitative estimate of drug-likeness (QED) is 0.532. The average Bonchev–Trinajstić information content (AvgIpc) is 3.11. The molecule has 0 aliphatic heterocycles. The smallest absolute Gasteiger partial charge is 0.162 e. The lowest BCUT2D eigenvalue weighted by Crippen LogP contribution is -2.02. The molecule has 0 fully saturated rings. The molecule has 0 bridgehead atoms. The maximum atomic E-state index is 10.8. The summed E-state index contributed by atoms with van der Waals surface area (Å²) >= 11 is -2.36. The topological polar surface area (TPSA) is 101 Å². The van der Waals surface area contributed by atoms with Crippen LogP contribution in [0.3, 0.4) is 0 Å². The predicted octanol–water partition coefficient (Wildman–Crippen LogP) is 2.80. The van der Waals surface area contributed by atoms with Crippen LogP contribution in [0.5, 0.6) is 11.5 Å². The fourth-order valence-electron chi connectivity index (χ4n) is 3.00. The summed E-state index contributed by atoms with van der Waals surface area (Å²) in [5, 5.41) is 0.866. The van der Waals surface area contributed by atoms with Gasteiger partial charge in [0.15, 0.2) is 11.5 Å². The number of nitrogens with one attached hydrogen (secondary N) is 1. The van der Waals surface area contributed by atoms with E-state index < -0.39 is 11.3 Å². The van der Waals surface area contributed by atoms with E-state index in [2.05, 4.69) is 14.7 Å². The Morgan fingerprint density at radius 2 is 1.74 bits per heavy atom. The minimum atomic E-state index is -2.36. The Bertz CT molecular complexity index is 1160. The first-order chi connectivity index (χ1) is 13.1. The molecule has 4 rings (SSSR count). The minimum absolute atomic E-state index is 0.481. The van der Waals surface area contributed by atoms with E-state index in [4.69, 9.17) is 9.47 Å². The van der Waals surface area contributed by atoms with Gasteiger partial charge in [0.1, 0.15) is 11.8 Å². The summed E-state index contributed by atoms with van der Waals surface area (Å²) in [4.78, 5) is 8.89. The predicted molar refractivity (Wildman–Crippen MR) is 102 cm³/mol. The molecule has 138 valence electrons. The van der Waals surface area contributed by atoms with Gasteiger partial charge in [-0.15, -0.1) is 0 Å². The lowest BCUT2D eigenvalue weighted by Gasteiger charge is -2.12. The van der Waals surface area contributed by atoms with E-state index in [1.54, 1.807) is 38.9 Å². The number of hydrogen-bond acceptors (Lipinski definition) is 6. The monoisotopic (exact) mass is 383 g/mol. The van der Waals surface area contributed by atoms with Gasteiger partial charge in [-0.25, -0.2) is 4.98 Å². The molecule has 0 aliphatic rings. The van der Waals surface area contributed by atoms with E-state index in [9.17, 15) is 8.76 Å². The van der Waals surface area contributed by atoms with Gasteiger partial charge in [0.25, 0.3) is 0 Å². The summed E-state index contributed by atoms with van der Waals surface area (Å²) in [7, 11) is 3.16. The van der Waals surface area contributed by atoms with Crippen molar-refractivity contribution >= 4 is 38.9 Å². The van der Waals surface area contributed by atoms with Crippen molar-refractivity contribution in [1.29, 1.82) is 0 Å². The number of anilines is 1. The van der Waals surface area contributed by atoms with Crippen molar-refractivity contribution in [2.24, 2.45) is 0 Å². The highest BCUT2D eigenvalue weighted by molar-refractivity contribution is 7.80. The third-order valence-corrected chi connectivity index (χ3v) is 4.63. The normalized spacial score (nSPS) is 12.3. The Balaban J connectivity index is 1.91. The molecule has 1 N–H and O–H groups in total.